The summed E-state index contributed by atoms with van der Waals surface area (Å²) in [5, 5.41) is 14.0. The highest BCUT2D eigenvalue weighted by Gasteiger charge is 2.30. The van der Waals surface area contributed by atoms with E-state index in [1.807, 2.05) is 43.0 Å². The highest BCUT2D eigenvalue weighted by Crippen LogP contribution is 2.26. The molecule has 2 rings (SSSR count). The van der Waals surface area contributed by atoms with Gasteiger partial charge in [-0.25, -0.2) is 0 Å². The molecule has 2 N–H and O–H groups in total. The number of halogens is 1. The lowest BCUT2D eigenvalue weighted by Crippen LogP contribution is -2.46. The molecule has 21 heavy (non-hydrogen) atoms. The van der Waals surface area contributed by atoms with Gasteiger partial charge in [-0.3, -0.25) is 4.79 Å². The Morgan fingerprint density at radius 1 is 1.48 bits per heavy atom. The van der Waals surface area contributed by atoms with Gasteiger partial charge in [-0.2, -0.15) is 11.8 Å². The molecule has 1 aromatic rings. The third-order valence-corrected chi connectivity index (χ3v) is 5.11. The molecule has 116 valence electrons. The summed E-state index contributed by atoms with van der Waals surface area (Å²) < 4.78 is 0. The second-order valence-electron chi connectivity index (χ2n) is 5.79. The number of hydrogen-bond donors (Lipinski definition) is 2. The molecule has 1 aromatic carbocycles. The van der Waals surface area contributed by atoms with Crippen LogP contribution in [-0.4, -0.2) is 34.7 Å². The van der Waals surface area contributed by atoms with E-state index in [-0.39, 0.29) is 11.8 Å². The lowest BCUT2D eigenvalue weighted by molar-refractivity contribution is -0.125. The third kappa shape index (κ3) is 5.20. The van der Waals surface area contributed by atoms with Gasteiger partial charge in [-0.15, -0.1) is 0 Å². The maximum absolute atomic E-state index is 12.2. The zero-order valence-electron chi connectivity index (χ0n) is 12.3. The van der Waals surface area contributed by atoms with E-state index in [9.17, 15) is 9.90 Å². The lowest BCUT2D eigenvalue weighted by Gasteiger charge is -2.32. The van der Waals surface area contributed by atoms with Gasteiger partial charge in [0.1, 0.15) is 0 Å². The number of thioether (sulfide) groups is 1. The summed E-state index contributed by atoms with van der Waals surface area (Å²) in [7, 11) is 0. The van der Waals surface area contributed by atoms with Gasteiger partial charge >= 0.3 is 0 Å². The number of amides is 1. The van der Waals surface area contributed by atoms with E-state index >= 15 is 0 Å². The van der Waals surface area contributed by atoms with E-state index in [1.165, 1.54) is 0 Å². The molecule has 1 amide bonds. The van der Waals surface area contributed by atoms with Crippen molar-refractivity contribution in [2.24, 2.45) is 5.92 Å². The smallest absolute Gasteiger partial charge is 0.223 e. The number of benzene rings is 1. The quantitative estimate of drug-likeness (QED) is 0.874. The molecule has 0 radical (unpaired) electrons. The molecule has 1 unspecified atom stereocenters. The van der Waals surface area contributed by atoms with Gasteiger partial charge < -0.3 is 10.4 Å². The van der Waals surface area contributed by atoms with Crippen LogP contribution in [0.4, 0.5) is 0 Å². The Labute approximate surface area is 135 Å². The minimum Gasteiger partial charge on any atom is -0.388 e. The summed E-state index contributed by atoms with van der Waals surface area (Å²) in [5.74, 6) is 1.78. The molecular weight excluding hydrogens is 306 g/mol. The summed E-state index contributed by atoms with van der Waals surface area (Å²) in [6.07, 6.45) is 2.15. The molecule has 1 aliphatic rings. The Kier molecular flexibility index (Phi) is 5.97. The van der Waals surface area contributed by atoms with Crippen molar-refractivity contribution in [2.45, 2.75) is 31.8 Å². The predicted molar refractivity (Wildman–Crippen MR) is 88.8 cm³/mol. The van der Waals surface area contributed by atoms with E-state index in [2.05, 4.69) is 5.32 Å². The van der Waals surface area contributed by atoms with Gasteiger partial charge in [-0.05, 0) is 48.5 Å². The largest absolute Gasteiger partial charge is 0.388 e. The second-order valence-corrected chi connectivity index (χ2v) is 7.45. The average molecular weight is 328 g/mol. The first-order valence-electron chi connectivity index (χ1n) is 7.31. The molecule has 0 aliphatic carbocycles. The fraction of sp³-hybridized carbons (Fsp3) is 0.562. The number of hydrogen-bond acceptors (Lipinski definition) is 3. The number of carbonyl (C=O) groups excluding carboxylic acids is 1. The van der Waals surface area contributed by atoms with Crippen molar-refractivity contribution in [2.75, 3.05) is 18.1 Å². The second kappa shape index (κ2) is 7.52. The van der Waals surface area contributed by atoms with Crippen LogP contribution >= 0.6 is 23.4 Å². The van der Waals surface area contributed by atoms with Crippen LogP contribution in [0.5, 0.6) is 0 Å². The predicted octanol–water partition coefficient (Wildman–Crippen LogP) is 2.89. The number of carbonyl (C=O) groups is 1. The van der Waals surface area contributed by atoms with Gasteiger partial charge in [0.15, 0.2) is 0 Å². The standard InChI is InChI=1S/C16H22ClNO2S/c1-12(9-13-3-2-4-14(17)10-13)15(19)18-11-16(20)5-7-21-8-6-16/h2-4,10,12,20H,5-9,11H2,1H3,(H,18,19). The SMILES string of the molecule is CC(Cc1cccc(Cl)c1)C(=O)NCC1(O)CCSCC1. The molecule has 1 atom stereocenters. The van der Waals surface area contributed by atoms with E-state index in [0.717, 1.165) is 29.9 Å². The fourth-order valence-corrected chi connectivity index (χ4v) is 3.93. The zero-order valence-corrected chi connectivity index (χ0v) is 13.8. The summed E-state index contributed by atoms with van der Waals surface area (Å²) in [4.78, 5) is 12.2. The van der Waals surface area contributed by atoms with Gasteiger partial charge in [0, 0.05) is 17.5 Å². The monoisotopic (exact) mass is 327 g/mol. The molecule has 1 fully saturated rings. The van der Waals surface area contributed by atoms with E-state index in [1.54, 1.807) is 0 Å². The van der Waals surface area contributed by atoms with Crippen LogP contribution < -0.4 is 5.32 Å². The Morgan fingerprint density at radius 2 is 2.19 bits per heavy atom. The summed E-state index contributed by atoms with van der Waals surface area (Å²) in [6.45, 7) is 2.25. The van der Waals surface area contributed by atoms with Gasteiger partial charge in [-0.1, -0.05) is 30.7 Å². The van der Waals surface area contributed by atoms with Crippen molar-refractivity contribution < 1.29 is 9.90 Å². The van der Waals surface area contributed by atoms with Gasteiger partial charge in [0.05, 0.1) is 5.60 Å². The molecule has 1 saturated heterocycles. The highest BCUT2D eigenvalue weighted by atomic mass is 35.5. The van der Waals surface area contributed by atoms with Crippen LogP contribution in [0.25, 0.3) is 0 Å². The molecule has 0 bridgehead atoms. The van der Waals surface area contributed by atoms with Crippen LogP contribution in [0, 0.1) is 5.92 Å². The van der Waals surface area contributed by atoms with E-state index in [0.29, 0.717) is 18.0 Å². The summed E-state index contributed by atoms with van der Waals surface area (Å²) >= 11 is 7.81. The molecule has 5 heteroatoms. The molecule has 0 aromatic heterocycles. The minimum atomic E-state index is -0.726. The number of rotatable bonds is 5. The van der Waals surface area contributed by atoms with E-state index in [4.69, 9.17) is 11.6 Å². The van der Waals surface area contributed by atoms with Crippen molar-refractivity contribution in [1.29, 1.82) is 0 Å². The van der Waals surface area contributed by atoms with Crippen molar-refractivity contribution in [1.82, 2.24) is 5.32 Å². The number of aliphatic hydroxyl groups is 1. The van der Waals surface area contributed by atoms with Crippen molar-refractivity contribution in [3.8, 4) is 0 Å². The topological polar surface area (TPSA) is 49.3 Å². The van der Waals surface area contributed by atoms with Crippen molar-refractivity contribution in [3.63, 3.8) is 0 Å². The molecule has 1 aliphatic heterocycles. The van der Waals surface area contributed by atoms with Crippen LogP contribution in [0.3, 0.4) is 0 Å². The molecular formula is C16H22ClNO2S. The van der Waals surface area contributed by atoms with Crippen molar-refractivity contribution >= 4 is 29.3 Å². The fourth-order valence-electron chi connectivity index (χ4n) is 2.46. The van der Waals surface area contributed by atoms with Crippen LogP contribution in [0.1, 0.15) is 25.3 Å². The maximum atomic E-state index is 12.2. The third-order valence-electron chi connectivity index (χ3n) is 3.89. The van der Waals surface area contributed by atoms with Crippen LogP contribution in [0.15, 0.2) is 24.3 Å². The lowest BCUT2D eigenvalue weighted by atomic mass is 9.95. The first-order chi connectivity index (χ1) is 9.98. The molecule has 0 saturated carbocycles. The first-order valence-corrected chi connectivity index (χ1v) is 8.84. The number of nitrogens with one attached hydrogen (secondary N) is 1. The summed E-state index contributed by atoms with van der Waals surface area (Å²) in [5.41, 5.74) is 0.328. The Morgan fingerprint density at radius 3 is 2.86 bits per heavy atom. The Bertz CT molecular complexity index is 489. The van der Waals surface area contributed by atoms with Crippen molar-refractivity contribution in [3.05, 3.63) is 34.9 Å². The molecule has 3 nitrogen and oxygen atoms in total. The first kappa shape index (κ1) is 16.7. The Balaban J connectivity index is 1.82. The maximum Gasteiger partial charge on any atom is 0.223 e. The molecule has 0 spiro atoms. The van der Waals surface area contributed by atoms with E-state index < -0.39 is 5.60 Å². The minimum absolute atomic E-state index is 0.0124. The zero-order chi connectivity index (χ0) is 15.3. The normalized spacial score (nSPS) is 19.0. The Hall–Kier alpha value is -0.710. The van der Waals surface area contributed by atoms with Gasteiger partial charge in [0.2, 0.25) is 5.91 Å². The van der Waals surface area contributed by atoms with Gasteiger partial charge in [0.25, 0.3) is 0 Å². The van der Waals surface area contributed by atoms with Crippen LogP contribution in [-0.2, 0) is 11.2 Å². The highest BCUT2D eigenvalue weighted by molar-refractivity contribution is 7.99. The molecule has 1 heterocycles. The average Bonchev–Trinajstić information content (AvgIpc) is 2.45. The summed E-state index contributed by atoms with van der Waals surface area (Å²) in [6, 6.07) is 7.58. The van der Waals surface area contributed by atoms with Crippen LogP contribution in [0.2, 0.25) is 5.02 Å².